The van der Waals surface area contributed by atoms with Gasteiger partial charge in [-0.25, -0.2) is 4.39 Å². The summed E-state index contributed by atoms with van der Waals surface area (Å²) in [6, 6.07) is 16.1. The first-order valence-corrected chi connectivity index (χ1v) is 10.5. The Bertz CT molecular complexity index is 1260. The van der Waals surface area contributed by atoms with Gasteiger partial charge in [0.25, 0.3) is 5.91 Å². The van der Waals surface area contributed by atoms with E-state index in [-0.39, 0.29) is 24.9 Å². The minimum Gasteiger partial charge on any atom is -0.478 e. The lowest BCUT2D eigenvalue weighted by molar-refractivity contribution is -0.134. The first-order chi connectivity index (χ1) is 15.8. The van der Waals surface area contributed by atoms with Gasteiger partial charge in [-0.05, 0) is 68.4 Å². The molecule has 0 fully saturated rings. The summed E-state index contributed by atoms with van der Waals surface area (Å²) in [6.45, 7) is 3.79. The molecule has 0 aliphatic heterocycles. The van der Waals surface area contributed by atoms with E-state index in [0.717, 1.165) is 0 Å². The number of hydrogen-bond acceptors (Lipinski definition) is 6. The Morgan fingerprint density at radius 3 is 2.52 bits per heavy atom. The molecule has 0 bridgehead atoms. The zero-order valence-electron chi connectivity index (χ0n) is 18.0. The van der Waals surface area contributed by atoms with Gasteiger partial charge in [-0.15, -0.1) is 15.3 Å². The van der Waals surface area contributed by atoms with Gasteiger partial charge in [0.05, 0.1) is 6.54 Å². The van der Waals surface area contributed by atoms with Crippen LogP contribution in [0.3, 0.4) is 0 Å². The van der Waals surface area contributed by atoms with Gasteiger partial charge in [-0.1, -0.05) is 11.6 Å². The molecule has 0 saturated heterocycles. The molecule has 2 aromatic carbocycles. The maximum absolute atomic E-state index is 13.2. The minimum absolute atomic E-state index is 0.190. The number of hydrogen-bond donors (Lipinski definition) is 1. The molecule has 2 heterocycles. The molecule has 0 saturated carbocycles. The van der Waals surface area contributed by atoms with Crippen LogP contribution in [0.2, 0.25) is 5.02 Å². The molecular weight excluding hydrogens is 449 g/mol. The van der Waals surface area contributed by atoms with Crippen molar-refractivity contribution in [3.63, 3.8) is 0 Å². The van der Waals surface area contributed by atoms with E-state index in [0.29, 0.717) is 33.7 Å². The predicted molar refractivity (Wildman–Crippen MR) is 121 cm³/mol. The molecule has 8 nitrogen and oxygen atoms in total. The molecule has 0 aliphatic rings. The van der Waals surface area contributed by atoms with Crippen LogP contribution in [0, 0.1) is 5.82 Å². The van der Waals surface area contributed by atoms with E-state index in [4.69, 9.17) is 21.1 Å². The van der Waals surface area contributed by atoms with Crippen LogP contribution in [0.1, 0.15) is 13.8 Å². The summed E-state index contributed by atoms with van der Waals surface area (Å²) >= 11 is 5.88. The molecule has 0 spiro atoms. The van der Waals surface area contributed by atoms with Crippen LogP contribution in [-0.4, -0.2) is 44.5 Å². The van der Waals surface area contributed by atoms with Crippen LogP contribution in [0.15, 0.2) is 60.7 Å². The number of halogens is 2. The van der Waals surface area contributed by atoms with Crippen molar-refractivity contribution in [3.05, 3.63) is 71.5 Å². The zero-order chi connectivity index (χ0) is 23.4. The largest absolute Gasteiger partial charge is 0.478 e. The number of nitrogens with one attached hydrogen (secondary N) is 1. The summed E-state index contributed by atoms with van der Waals surface area (Å²) < 4.78 is 26.2. The molecule has 4 aromatic rings. The van der Waals surface area contributed by atoms with Gasteiger partial charge in [-0.3, -0.25) is 4.79 Å². The molecule has 170 valence electrons. The third kappa shape index (κ3) is 5.38. The first-order valence-electron chi connectivity index (χ1n) is 10.2. The van der Waals surface area contributed by atoms with E-state index in [2.05, 4.69) is 20.6 Å². The lowest BCUT2D eigenvalue weighted by atomic mass is 10.1. The second kappa shape index (κ2) is 9.41. The van der Waals surface area contributed by atoms with Gasteiger partial charge in [0, 0.05) is 16.7 Å². The molecule has 2 aromatic heterocycles. The molecule has 1 amide bonds. The van der Waals surface area contributed by atoms with Crippen molar-refractivity contribution in [2.75, 3.05) is 13.2 Å². The van der Waals surface area contributed by atoms with Crippen LogP contribution in [0.5, 0.6) is 11.6 Å². The van der Waals surface area contributed by atoms with Gasteiger partial charge >= 0.3 is 0 Å². The van der Waals surface area contributed by atoms with Crippen LogP contribution >= 0.6 is 11.6 Å². The highest BCUT2D eigenvalue weighted by Gasteiger charge is 2.29. The van der Waals surface area contributed by atoms with Gasteiger partial charge in [-0.2, -0.15) is 4.52 Å². The number of nitrogens with zero attached hydrogens (tertiary/aromatic N) is 4. The monoisotopic (exact) mass is 469 g/mol. The van der Waals surface area contributed by atoms with Gasteiger partial charge < -0.3 is 14.8 Å². The highest BCUT2D eigenvalue weighted by molar-refractivity contribution is 6.30. The van der Waals surface area contributed by atoms with Crippen LogP contribution in [0.25, 0.3) is 17.0 Å². The van der Waals surface area contributed by atoms with Crippen LogP contribution < -0.4 is 14.8 Å². The zero-order valence-corrected chi connectivity index (χ0v) is 18.7. The maximum Gasteiger partial charge on any atom is 0.263 e. The average molecular weight is 470 g/mol. The predicted octanol–water partition coefficient (Wildman–Crippen LogP) is 3.94. The SMILES string of the molecule is CC(C)(Oc1ccc(Cl)cc1)C(=O)NCCOc1ccc2nnc(-c3ccc(F)cc3)n2n1. The smallest absolute Gasteiger partial charge is 0.263 e. The number of aromatic nitrogens is 4. The Morgan fingerprint density at radius 1 is 1.06 bits per heavy atom. The molecule has 1 N–H and O–H groups in total. The Hall–Kier alpha value is -3.72. The van der Waals surface area contributed by atoms with Crippen LogP contribution in [-0.2, 0) is 4.79 Å². The Labute approximate surface area is 194 Å². The number of rotatable bonds is 8. The number of benzene rings is 2. The van der Waals surface area contributed by atoms with Gasteiger partial charge in [0.2, 0.25) is 5.88 Å². The average Bonchev–Trinajstić information content (AvgIpc) is 3.22. The van der Waals surface area contributed by atoms with Gasteiger partial charge in [0.1, 0.15) is 18.2 Å². The Kier molecular flexibility index (Phi) is 6.41. The third-order valence-electron chi connectivity index (χ3n) is 4.71. The molecule has 4 rings (SSSR count). The van der Waals surface area contributed by atoms with Gasteiger partial charge in [0.15, 0.2) is 17.1 Å². The normalized spacial score (nSPS) is 11.4. The summed E-state index contributed by atoms with van der Waals surface area (Å²) in [6.07, 6.45) is 0. The topological polar surface area (TPSA) is 90.6 Å². The maximum atomic E-state index is 13.2. The van der Waals surface area contributed by atoms with E-state index in [1.807, 2.05) is 0 Å². The van der Waals surface area contributed by atoms with E-state index in [1.54, 1.807) is 62.4 Å². The molecule has 0 radical (unpaired) electrons. The summed E-state index contributed by atoms with van der Waals surface area (Å²) in [5.74, 6) is 0.704. The number of amides is 1. The lowest BCUT2D eigenvalue weighted by Crippen LogP contribution is -2.47. The van der Waals surface area contributed by atoms with E-state index < -0.39 is 5.60 Å². The molecular formula is C23H21ClFN5O3. The van der Waals surface area contributed by atoms with E-state index in [9.17, 15) is 9.18 Å². The van der Waals surface area contributed by atoms with Crippen molar-refractivity contribution >= 4 is 23.2 Å². The van der Waals surface area contributed by atoms with Crippen molar-refractivity contribution in [2.45, 2.75) is 19.4 Å². The van der Waals surface area contributed by atoms with Crippen molar-refractivity contribution < 1.29 is 18.7 Å². The minimum atomic E-state index is -1.09. The standard InChI is InChI=1S/C23H21ClFN5O3/c1-23(2,33-18-9-5-16(24)6-10-18)22(31)26-13-14-32-20-12-11-19-27-28-21(30(19)29-20)15-3-7-17(25)8-4-15/h3-12H,13-14H2,1-2H3,(H,26,31). The fourth-order valence-corrected chi connectivity index (χ4v) is 3.13. The molecule has 0 atom stereocenters. The number of carbonyl (C=O) groups is 1. The highest BCUT2D eigenvalue weighted by atomic mass is 35.5. The molecule has 10 heteroatoms. The van der Waals surface area contributed by atoms with E-state index >= 15 is 0 Å². The van der Waals surface area contributed by atoms with Crippen molar-refractivity contribution in [1.82, 2.24) is 25.1 Å². The lowest BCUT2D eigenvalue weighted by Gasteiger charge is -2.25. The number of fused-ring (bicyclic) bond motifs is 1. The van der Waals surface area contributed by atoms with Crippen LogP contribution in [0.4, 0.5) is 4.39 Å². The number of ether oxygens (including phenoxy) is 2. The van der Waals surface area contributed by atoms with Crippen molar-refractivity contribution in [1.29, 1.82) is 0 Å². The fraction of sp³-hybridized carbons (Fsp3) is 0.217. The molecule has 33 heavy (non-hydrogen) atoms. The fourth-order valence-electron chi connectivity index (χ4n) is 3.00. The quantitative estimate of drug-likeness (QED) is 0.393. The molecule has 0 aliphatic carbocycles. The van der Waals surface area contributed by atoms with Crippen molar-refractivity contribution in [2.24, 2.45) is 0 Å². The highest BCUT2D eigenvalue weighted by Crippen LogP contribution is 2.21. The Balaban J connectivity index is 1.34. The third-order valence-corrected chi connectivity index (χ3v) is 4.96. The summed E-state index contributed by atoms with van der Waals surface area (Å²) in [5.41, 5.74) is 0.108. The Morgan fingerprint density at radius 2 is 1.79 bits per heavy atom. The second-order valence-corrected chi connectivity index (χ2v) is 8.08. The summed E-state index contributed by atoms with van der Waals surface area (Å²) in [4.78, 5) is 12.5. The second-order valence-electron chi connectivity index (χ2n) is 7.64. The van der Waals surface area contributed by atoms with Crippen molar-refractivity contribution in [3.8, 4) is 23.0 Å². The molecule has 0 unspecified atom stereocenters. The summed E-state index contributed by atoms with van der Waals surface area (Å²) in [7, 11) is 0. The summed E-state index contributed by atoms with van der Waals surface area (Å²) in [5, 5.41) is 16.0. The number of carbonyl (C=O) groups excluding carboxylic acids is 1. The first kappa shape index (κ1) is 22.5. The van der Waals surface area contributed by atoms with E-state index in [1.165, 1.54) is 16.6 Å².